The van der Waals surface area contributed by atoms with E-state index in [0.29, 0.717) is 5.56 Å². The van der Waals surface area contributed by atoms with Crippen LogP contribution in [0.5, 0.6) is 11.5 Å². The molecule has 0 saturated heterocycles. The fraction of sp³-hybridized carbons (Fsp3) is 0.250. The first-order valence-corrected chi connectivity index (χ1v) is 6.26. The Balaban J connectivity index is 2.69. The second-order valence-electron chi connectivity index (χ2n) is 4.11. The first kappa shape index (κ1) is 18.5. The molecule has 0 radical (unpaired) electrons. The van der Waals surface area contributed by atoms with Gasteiger partial charge >= 0.3 is 0 Å². The van der Waals surface area contributed by atoms with Gasteiger partial charge in [0.15, 0.2) is 11.5 Å². The molecule has 2 N–H and O–H groups in total. The number of carbonyl (C=O) groups excluding carboxylic acids is 1. The van der Waals surface area contributed by atoms with Gasteiger partial charge in [0.25, 0.3) is 10.2 Å². The van der Waals surface area contributed by atoms with Crippen molar-refractivity contribution in [1.82, 2.24) is 5.32 Å². The lowest BCUT2D eigenvalue weighted by molar-refractivity contribution is -0.790. The quantitative estimate of drug-likeness (QED) is 0.277. The number of nitrogens with zero attached hydrogens (tertiary/aromatic N) is 2. The maximum atomic E-state index is 11.7. The molecule has 0 aromatic heterocycles. The van der Waals surface area contributed by atoms with Crippen LogP contribution in [0.1, 0.15) is 5.56 Å². The van der Waals surface area contributed by atoms with Gasteiger partial charge in [0.1, 0.15) is 6.61 Å². The number of amides is 1. The minimum Gasteiger partial charge on any atom is -0.504 e. The third-order valence-electron chi connectivity index (χ3n) is 2.48. The van der Waals surface area contributed by atoms with Gasteiger partial charge in [-0.1, -0.05) is 6.07 Å². The first-order valence-electron chi connectivity index (χ1n) is 6.26. The van der Waals surface area contributed by atoms with Crippen LogP contribution in [0.25, 0.3) is 6.08 Å². The molecule has 24 heavy (non-hydrogen) atoms. The summed E-state index contributed by atoms with van der Waals surface area (Å²) in [5.41, 5.74) is 0.494. The summed E-state index contributed by atoms with van der Waals surface area (Å²) in [4.78, 5) is 40.0. The molecule has 1 unspecified atom stereocenters. The number of phenols is 1. The molecule has 0 spiro atoms. The number of methoxy groups -OCH3 is 1. The van der Waals surface area contributed by atoms with Gasteiger partial charge in [-0.05, 0) is 23.8 Å². The summed E-state index contributed by atoms with van der Waals surface area (Å²) < 4.78 is 4.90. The SMILES string of the molecule is COc1cc(/C=C/C(=O)NC(CO[N+](=O)[O-])O[N+](=O)[O-])ccc1O. The summed E-state index contributed by atoms with van der Waals surface area (Å²) in [6.07, 6.45) is 0.681. The highest BCUT2D eigenvalue weighted by molar-refractivity contribution is 5.91. The van der Waals surface area contributed by atoms with E-state index >= 15 is 0 Å². The number of nitrogens with one attached hydrogen (secondary N) is 1. The predicted molar refractivity (Wildman–Crippen MR) is 76.6 cm³/mol. The van der Waals surface area contributed by atoms with Crippen molar-refractivity contribution in [2.75, 3.05) is 13.7 Å². The van der Waals surface area contributed by atoms with Crippen LogP contribution in [0, 0.1) is 20.2 Å². The molecule has 0 bridgehead atoms. The van der Waals surface area contributed by atoms with Gasteiger partial charge in [-0.15, -0.1) is 20.2 Å². The molecule has 1 amide bonds. The Morgan fingerprint density at radius 1 is 1.38 bits per heavy atom. The smallest absolute Gasteiger partial charge is 0.296 e. The van der Waals surface area contributed by atoms with Crippen LogP contribution in [0.4, 0.5) is 0 Å². The van der Waals surface area contributed by atoms with Crippen LogP contribution in [0.2, 0.25) is 0 Å². The van der Waals surface area contributed by atoms with E-state index in [2.05, 4.69) is 9.68 Å². The molecule has 0 aliphatic carbocycles. The molecule has 1 rings (SSSR count). The minimum atomic E-state index is -1.66. The van der Waals surface area contributed by atoms with Gasteiger partial charge in [-0.2, -0.15) is 0 Å². The Kier molecular flexibility index (Phi) is 6.75. The van der Waals surface area contributed by atoms with E-state index in [0.717, 1.165) is 6.08 Å². The van der Waals surface area contributed by atoms with Crippen LogP contribution in [-0.4, -0.2) is 41.1 Å². The van der Waals surface area contributed by atoms with Gasteiger partial charge in [-0.25, -0.2) is 0 Å². The maximum Gasteiger partial charge on any atom is 0.296 e. The summed E-state index contributed by atoms with van der Waals surface area (Å²) in [7, 11) is 1.35. The molecule has 1 aromatic carbocycles. The zero-order valence-corrected chi connectivity index (χ0v) is 12.3. The maximum absolute atomic E-state index is 11.7. The lowest BCUT2D eigenvalue weighted by Crippen LogP contribution is -2.41. The minimum absolute atomic E-state index is 0.0875. The molecule has 0 saturated carbocycles. The monoisotopic (exact) mass is 343 g/mol. The Hall–Kier alpha value is -3.57. The van der Waals surface area contributed by atoms with Crippen molar-refractivity contribution < 1.29 is 34.5 Å². The van der Waals surface area contributed by atoms with Gasteiger partial charge < -0.3 is 20.0 Å². The van der Waals surface area contributed by atoms with Crippen LogP contribution < -0.4 is 10.1 Å². The number of hydrogen-bond acceptors (Lipinski definition) is 9. The summed E-state index contributed by atoms with van der Waals surface area (Å²) in [5, 5.41) is 29.4. The van der Waals surface area contributed by atoms with Crippen molar-refractivity contribution in [3.8, 4) is 11.5 Å². The number of hydrogen-bond donors (Lipinski definition) is 2. The molecule has 12 heteroatoms. The number of rotatable bonds is 9. The molecule has 0 fully saturated rings. The summed E-state index contributed by atoms with van der Waals surface area (Å²) in [5.74, 6) is -0.720. The summed E-state index contributed by atoms with van der Waals surface area (Å²) in [6.45, 7) is -0.861. The van der Waals surface area contributed by atoms with Crippen molar-refractivity contribution in [1.29, 1.82) is 0 Å². The van der Waals surface area contributed by atoms with E-state index < -0.39 is 28.9 Å². The molecular formula is C12H13N3O9. The summed E-state index contributed by atoms with van der Waals surface area (Å²) >= 11 is 0. The van der Waals surface area contributed by atoms with Crippen molar-refractivity contribution >= 4 is 12.0 Å². The predicted octanol–water partition coefficient (Wildman–Crippen LogP) is 0.273. The standard InChI is InChI=1S/C12H13N3O9/c1-22-10-6-8(2-4-9(10)16)3-5-11(17)13-12(24-15(20)21)7-23-14(18)19/h2-6,12,16H,7H2,1H3,(H,13,17)/b5-3+. The fourth-order valence-electron chi connectivity index (χ4n) is 1.51. The van der Waals surface area contributed by atoms with Crippen LogP contribution in [0.15, 0.2) is 24.3 Å². The topological polar surface area (TPSA) is 163 Å². The van der Waals surface area contributed by atoms with E-state index in [1.807, 2.05) is 5.32 Å². The van der Waals surface area contributed by atoms with Gasteiger partial charge in [0.05, 0.1) is 7.11 Å². The van der Waals surface area contributed by atoms with Gasteiger partial charge in [0, 0.05) is 6.08 Å². The van der Waals surface area contributed by atoms with Gasteiger partial charge in [-0.3, -0.25) is 9.63 Å². The second kappa shape index (κ2) is 8.77. The lowest BCUT2D eigenvalue weighted by atomic mass is 10.2. The van der Waals surface area contributed by atoms with Crippen molar-refractivity contribution in [3.63, 3.8) is 0 Å². The Morgan fingerprint density at radius 2 is 2.08 bits per heavy atom. The fourth-order valence-corrected chi connectivity index (χ4v) is 1.51. The van der Waals surface area contributed by atoms with E-state index in [1.165, 1.54) is 31.4 Å². The molecule has 1 aromatic rings. The number of aromatic hydroxyl groups is 1. The number of carbonyl (C=O) groups is 1. The zero-order valence-electron chi connectivity index (χ0n) is 12.3. The first-order chi connectivity index (χ1) is 11.3. The molecular weight excluding hydrogens is 330 g/mol. The molecule has 0 aliphatic heterocycles. The molecule has 1 atom stereocenters. The van der Waals surface area contributed by atoms with E-state index in [4.69, 9.17) is 4.74 Å². The average Bonchev–Trinajstić information content (AvgIpc) is 2.51. The average molecular weight is 343 g/mol. The highest BCUT2D eigenvalue weighted by atomic mass is 17.0. The molecule has 130 valence electrons. The van der Waals surface area contributed by atoms with E-state index in [-0.39, 0.29) is 11.5 Å². The van der Waals surface area contributed by atoms with Crippen molar-refractivity contribution in [2.24, 2.45) is 0 Å². The van der Waals surface area contributed by atoms with Crippen LogP contribution in [0.3, 0.4) is 0 Å². The zero-order chi connectivity index (χ0) is 18.1. The van der Waals surface area contributed by atoms with Crippen molar-refractivity contribution in [2.45, 2.75) is 6.23 Å². The molecule has 0 aliphatic rings. The normalized spacial score (nSPS) is 11.5. The number of benzene rings is 1. The lowest BCUT2D eigenvalue weighted by Gasteiger charge is -2.13. The second-order valence-corrected chi connectivity index (χ2v) is 4.11. The summed E-state index contributed by atoms with van der Waals surface area (Å²) in [6, 6.07) is 4.28. The number of ether oxygens (including phenoxy) is 1. The third-order valence-corrected chi connectivity index (χ3v) is 2.48. The van der Waals surface area contributed by atoms with Crippen molar-refractivity contribution in [3.05, 3.63) is 50.1 Å². The highest BCUT2D eigenvalue weighted by Gasteiger charge is 2.17. The van der Waals surface area contributed by atoms with Gasteiger partial charge in [0.2, 0.25) is 12.1 Å². The molecule has 12 nitrogen and oxygen atoms in total. The third kappa shape index (κ3) is 6.46. The van der Waals surface area contributed by atoms with Crippen LogP contribution >= 0.6 is 0 Å². The van der Waals surface area contributed by atoms with Crippen LogP contribution in [-0.2, 0) is 14.5 Å². The Labute approximate surface area is 134 Å². The highest BCUT2D eigenvalue weighted by Crippen LogP contribution is 2.26. The molecule has 0 heterocycles. The largest absolute Gasteiger partial charge is 0.504 e. The number of phenolic OH excluding ortho intramolecular Hbond substituents is 1. The Morgan fingerprint density at radius 3 is 2.67 bits per heavy atom. The van der Waals surface area contributed by atoms with E-state index in [9.17, 15) is 30.1 Å². The Bertz CT molecular complexity index is 647. The van der Waals surface area contributed by atoms with E-state index in [1.54, 1.807) is 0 Å².